The van der Waals surface area contributed by atoms with Crippen molar-refractivity contribution in [3.63, 3.8) is 0 Å². The number of para-hydroxylation sites is 2. The van der Waals surface area contributed by atoms with E-state index in [1.807, 2.05) is 36.1 Å². The largest absolute Gasteiger partial charge is 0.324 e. The van der Waals surface area contributed by atoms with Gasteiger partial charge in [0, 0.05) is 38.6 Å². The first-order valence-electron chi connectivity index (χ1n) is 10.7. The minimum atomic E-state index is -3.66. The molecule has 9 nitrogen and oxygen atoms in total. The van der Waals surface area contributed by atoms with E-state index in [2.05, 4.69) is 5.32 Å². The Balaban J connectivity index is 1.42. The molecule has 0 spiro atoms. The van der Waals surface area contributed by atoms with Gasteiger partial charge in [0.25, 0.3) is 0 Å². The number of amides is 2. The molecule has 0 saturated carbocycles. The van der Waals surface area contributed by atoms with Crippen LogP contribution in [0.5, 0.6) is 0 Å². The Kier molecular flexibility index (Phi) is 6.47. The molecule has 1 saturated heterocycles. The maximum absolute atomic E-state index is 13.2. The van der Waals surface area contributed by atoms with Crippen LogP contribution in [-0.2, 0) is 19.6 Å². The van der Waals surface area contributed by atoms with E-state index in [0.717, 1.165) is 0 Å². The number of nitriles is 1. The van der Waals surface area contributed by atoms with E-state index in [1.54, 1.807) is 11.0 Å². The van der Waals surface area contributed by atoms with Crippen molar-refractivity contribution in [1.82, 2.24) is 9.21 Å². The minimum Gasteiger partial charge on any atom is -0.324 e. The fourth-order valence-electron chi connectivity index (χ4n) is 4.21. The summed E-state index contributed by atoms with van der Waals surface area (Å²) < 4.78 is 27.3. The Hall–Kier alpha value is -3.26. The molecule has 172 valence electrons. The highest BCUT2D eigenvalue weighted by molar-refractivity contribution is 7.89. The average molecular weight is 468 g/mol. The molecule has 0 aromatic heterocycles. The Morgan fingerprint density at radius 2 is 1.76 bits per heavy atom. The summed E-state index contributed by atoms with van der Waals surface area (Å²) in [6.45, 7) is 3.35. The Labute approximate surface area is 193 Å². The number of anilines is 2. The second-order valence-corrected chi connectivity index (χ2v) is 10.1. The zero-order valence-electron chi connectivity index (χ0n) is 18.3. The first-order valence-corrected chi connectivity index (χ1v) is 12.2. The second kappa shape index (κ2) is 9.31. The van der Waals surface area contributed by atoms with Crippen LogP contribution in [-0.4, -0.2) is 68.2 Å². The SMILES string of the molecule is C[C@H]1CC(=O)Nc2ccccc2N1C(=O)CN1CCN(S(=O)(=O)c2ccc(C#N)cc2)CC1. The summed E-state index contributed by atoms with van der Waals surface area (Å²) in [6, 6.07) is 14.8. The first-order chi connectivity index (χ1) is 15.8. The highest BCUT2D eigenvalue weighted by atomic mass is 32.2. The van der Waals surface area contributed by atoms with Gasteiger partial charge >= 0.3 is 0 Å². The second-order valence-electron chi connectivity index (χ2n) is 8.20. The molecule has 2 aromatic rings. The Morgan fingerprint density at radius 1 is 1.09 bits per heavy atom. The molecule has 2 aliphatic rings. The molecular weight excluding hydrogens is 442 g/mol. The van der Waals surface area contributed by atoms with Crippen molar-refractivity contribution in [2.45, 2.75) is 24.3 Å². The van der Waals surface area contributed by atoms with Gasteiger partial charge in [-0.2, -0.15) is 9.57 Å². The van der Waals surface area contributed by atoms with E-state index in [1.165, 1.54) is 28.6 Å². The molecule has 2 aliphatic heterocycles. The highest BCUT2D eigenvalue weighted by Crippen LogP contribution is 2.31. The number of sulfonamides is 1. The summed E-state index contributed by atoms with van der Waals surface area (Å²) in [4.78, 5) is 29.1. The lowest BCUT2D eigenvalue weighted by atomic mass is 10.1. The van der Waals surface area contributed by atoms with Crippen LogP contribution in [0.15, 0.2) is 53.4 Å². The number of hydrogen-bond acceptors (Lipinski definition) is 6. The van der Waals surface area contributed by atoms with E-state index >= 15 is 0 Å². The van der Waals surface area contributed by atoms with Crippen LogP contribution in [0.2, 0.25) is 0 Å². The summed E-state index contributed by atoms with van der Waals surface area (Å²) in [6.07, 6.45) is 0.205. The molecule has 2 aromatic carbocycles. The fourth-order valence-corrected chi connectivity index (χ4v) is 5.64. The molecule has 1 fully saturated rings. The quantitative estimate of drug-likeness (QED) is 0.731. The average Bonchev–Trinajstić information content (AvgIpc) is 2.93. The first kappa shape index (κ1) is 22.9. The number of fused-ring (bicyclic) bond motifs is 1. The minimum absolute atomic E-state index is 0.130. The predicted molar refractivity (Wildman–Crippen MR) is 123 cm³/mol. The van der Waals surface area contributed by atoms with Crippen LogP contribution >= 0.6 is 0 Å². The van der Waals surface area contributed by atoms with Crippen LogP contribution in [0, 0.1) is 11.3 Å². The van der Waals surface area contributed by atoms with Gasteiger partial charge in [0.15, 0.2) is 0 Å². The lowest BCUT2D eigenvalue weighted by molar-refractivity contribution is -0.120. The summed E-state index contributed by atoms with van der Waals surface area (Å²) in [5.74, 6) is -0.262. The van der Waals surface area contributed by atoms with Gasteiger partial charge in [-0.15, -0.1) is 0 Å². The molecule has 0 radical (unpaired) electrons. The Bertz CT molecular complexity index is 1200. The number of carbonyl (C=O) groups excluding carboxylic acids is 2. The smallest absolute Gasteiger partial charge is 0.243 e. The standard InChI is InChI=1S/C23H25N5O4S/c1-17-14-22(29)25-20-4-2-3-5-21(20)28(17)23(30)16-26-10-12-27(13-11-26)33(31,32)19-8-6-18(15-24)7-9-19/h2-9,17H,10-14,16H2,1H3,(H,25,29)/t17-/m0/s1. The van der Waals surface area contributed by atoms with E-state index in [0.29, 0.717) is 30.0 Å². The third kappa shape index (κ3) is 4.75. The van der Waals surface area contributed by atoms with Crippen molar-refractivity contribution >= 4 is 33.2 Å². The lowest BCUT2D eigenvalue weighted by Crippen LogP contribution is -2.52. The molecule has 2 amide bonds. The molecule has 4 rings (SSSR count). The van der Waals surface area contributed by atoms with E-state index in [9.17, 15) is 18.0 Å². The molecule has 0 aliphatic carbocycles. The van der Waals surface area contributed by atoms with Crippen LogP contribution < -0.4 is 10.2 Å². The molecular formula is C23H25N5O4S. The molecule has 33 heavy (non-hydrogen) atoms. The number of piperazine rings is 1. The van der Waals surface area contributed by atoms with Gasteiger partial charge < -0.3 is 10.2 Å². The van der Waals surface area contributed by atoms with Crippen LogP contribution in [0.1, 0.15) is 18.9 Å². The van der Waals surface area contributed by atoms with Gasteiger partial charge in [-0.25, -0.2) is 8.42 Å². The monoisotopic (exact) mass is 467 g/mol. The van der Waals surface area contributed by atoms with Crippen LogP contribution in [0.3, 0.4) is 0 Å². The van der Waals surface area contributed by atoms with Crippen molar-refractivity contribution in [1.29, 1.82) is 5.26 Å². The predicted octanol–water partition coefficient (Wildman–Crippen LogP) is 1.63. The molecule has 1 N–H and O–H groups in total. The summed E-state index contributed by atoms with van der Waals surface area (Å²) >= 11 is 0. The Morgan fingerprint density at radius 3 is 2.42 bits per heavy atom. The number of carbonyl (C=O) groups is 2. The molecule has 0 bridgehead atoms. The van der Waals surface area contributed by atoms with Gasteiger partial charge in [-0.05, 0) is 43.3 Å². The van der Waals surface area contributed by atoms with E-state index in [-0.39, 0.29) is 48.8 Å². The van der Waals surface area contributed by atoms with Gasteiger partial charge in [-0.1, -0.05) is 12.1 Å². The molecule has 10 heteroatoms. The van der Waals surface area contributed by atoms with Crippen LogP contribution in [0.25, 0.3) is 0 Å². The van der Waals surface area contributed by atoms with Crippen molar-refractivity contribution in [3.8, 4) is 6.07 Å². The van der Waals surface area contributed by atoms with Gasteiger partial charge in [0.1, 0.15) is 0 Å². The number of nitrogens with zero attached hydrogens (tertiary/aromatic N) is 4. The van der Waals surface area contributed by atoms with Crippen molar-refractivity contribution < 1.29 is 18.0 Å². The van der Waals surface area contributed by atoms with Crippen molar-refractivity contribution in [2.24, 2.45) is 0 Å². The lowest BCUT2D eigenvalue weighted by Gasteiger charge is -2.35. The zero-order chi connectivity index (χ0) is 23.6. The van der Waals surface area contributed by atoms with Crippen molar-refractivity contribution in [3.05, 3.63) is 54.1 Å². The maximum Gasteiger partial charge on any atom is 0.243 e. The summed E-state index contributed by atoms with van der Waals surface area (Å²) in [5, 5.41) is 11.8. The number of hydrogen-bond donors (Lipinski definition) is 1. The van der Waals surface area contributed by atoms with Gasteiger partial charge in [-0.3, -0.25) is 14.5 Å². The molecule has 1 atom stereocenters. The summed E-state index contributed by atoms with van der Waals surface area (Å²) in [5.41, 5.74) is 1.68. The van der Waals surface area contributed by atoms with Gasteiger partial charge in [0.2, 0.25) is 21.8 Å². The highest BCUT2D eigenvalue weighted by Gasteiger charge is 2.33. The van der Waals surface area contributed by atoms with Gasteiger partial charge in [0.05, 0.1) is 34.4 Å². The third-order valence-corrected chi connectivity index (χ3v) is 7.85. The number of nitrogens with one attached hydrogen (secondary N) is 1. The topological polar surface area (TPSA) is 114 Å². The number of benzene rings is 2. The van der Waals surface area contributed by atoms with Crippen LogP contribution in [0.4, 0.5) is 11.4 Å². The van der Waals surface area contributed by atoms with Crippen molar-refractivity contribution in [2.75, 3.05) is 42.9 Å². The third-order valence-electron chi connectivity index (χ3n) is 5.94. The number of rotatable bonds is 4. The zero-order valence-corrected chi connectivity index (χ0v) is 19.1. The normalized spacial score (nSPS) is 19.8. The maximum atomic E-state index is 13.2. The molecule has 0 unspecified atom stereocenters. The fraction of sp³-hybridized carbons (Fsp3) is 0.348. The summed E-state index contributed by atoms with van der Waals surface area (Å²) in [7, 11) is -3.66. The van der Waals surface area contributed by atoms with E-state index in [4.69, 9.17) is 5.26 Å². The van der Waals surface area contributed by atoms with E-state index < -0.39 is 10.0 Å². The molecule has 2 heterocycles.